The summed E-state index contributed by atoms with van der Waals surface area (Å²) in [5, 5.41) is 12.5. The van der Waals surface area contributed by atoms with E-state index in [1.165, 1.54) is 12.8 Å². The molecule has 0 N–H and O–H groups in total. The lowest BCUT2D eigenvalue weighted by molar-refractivity contribution is -0.0892. The maximum Gasteiger partial charge on any atom is 0.106 e. The molecule has 0 aromatic heterocycles. The van der Waals surface area contributed by atoms with E-state index in [-0.39, 0.29) is 0 Å². The van der Waals surface area contributed by atoms with E-state index in [1.54, 1.807) is 0 Å². The van der Waals surface area contributed by atoms with Crippen LogP contribution in [0.25, 0.3) is 0 Å². The quantitative estimate of drug-likeness (QED) is 0.545. The van der Waals surface area contributed by atoms with Gasteiger partial charge in [0.15, 0.2) is 0 Å². The van der Waals surface area contributed by atoms with Crippen molar-refractivity contribution in [3.63, 3.8) is 0 Å². The zero-order chi connectivity index (χ0) is 11.0. The van der Waals surface area contributed by atoms with Crippen molar-refractivity contribution < 1.29 is 5.11 Å². The lowest BCUT2D eigenvalue weighted by atomic mass is 9.79. The third-order valence-electron chi connectivity index (χ3n) is 3.24. The van der Waals surface area contributed by atoms with Crippen LogP contribution in [0, 0.1) is 5.92 Å². The van der Waals surface area contributed by atoms with Gasteiger partial charge in [0.25, 0.3) is 0 Å². The number of rotatable bonds is 8. The molecule has 14 heavy (non-hydrogen) atoms. The topological polar surface area (TPSA) is 19.9 Å². The van der Waals surface area contributed by atoms with Gasteiger partial charge in [-0.25, -0.2) is 5.11 Å². The second-order valence-electron chi connectivity index (χ2n) is 4.61. The van der Waals surface area contributed by atoms with Crippen LogP contribution in [0.2, 0.25) is 0 Å². The molecule has 0 aliphatic rings. The summed E-state index contributed by atoms with van der Waals surface area (Å²) in [5.74, 6) is 0.349. The molecule has 0 aliphatic heterocycles. The monoisotopic (exact) mass is 199 g/mol. The predicted octanol–water partition coefficient (Wildman–Crippen LogP) is 4.58. The maximum atomic E-state index is 12.5. The molecule has 0 saturated heterocycles. The van der Waals surface area contributed by atoms with Crippen molar-refractivity contribution in [2.24, 2.45) is 5.92 Å². The third kappa shape index (κ3) is 4.45. The second kappa shape index (κ2) is 7.28. The Bertz CT molecular complexity index is 125. The number of hydrogen-bond donors (Lipinski definition) is 0. The molecule has 1 heteroatoms. The smallest absolute Gasteiger partial charge is 0.106 e. The van der Waals surface area contributed by atoms with Crippen LogP contribution in [0.5, 0.6) is 0 Å². The summed E-state index contributed by atoms with van der Waals surface area (Å²) < 4.78 is 0. The highest BCUT2D eigenvalue weighted by Gasteiger charge is 2.33. The average molecular weight is 199 g/mol. The van der Waals surface area contributed by atoms with Crippen LogP contribution >= 0.6 is 0 Å². The van der Waals surface area contributed by atoms with Crippen molar-refractivity contribution in [2.45, 2.75) is 78.2 Å². The van der Waals surface area contributed by atoms with Gasteiger partial charge in [-0.05, 0) is 25.2 Å². The van der Waals surface area contributed by atoms with Gasteiger partial charge in [-0.3, -0.25) is 0 Å². The molecule has 0 aromatic carbocycles. The fourth-order valence-corrected chi connectivity index (χ4v) is 2.24. The fraction of sp³-hybridized carbons (Fsp3) is 1.00. The summed E-state index contributed by atoms with van der Waals surface area (Å²) in [6.45, 7) is 8.58. The van der Waals surface area contributed by atoms with Gasteiger partial charge in [0.2, 0.25) is 0 Å². The number of hydrogen-bond acceptors (Lipinski definition) is 0. The SMILES string of the molecule is CCCCC(C)C([O])(CCC)CCC. The zero-order valence-corrected chi connectivity index (χ0v) is 10.4. The Labute approximate surface area is 89.9 Å². The Kier molecular flexibility index (Phi) is 7.26. The summed E-state index contributed by atoms with van der Waals surface area (Å²) in [6.07, 6.45) is 7.29. The van der Waals surface area contributed by atoms with Crippen molar-refractivity contribution in [3.8, 4) is 0 Å². The lowest BCUT2D eigenvalue weighted by Crippen LogP contribution is -2.34. The molecule has 0 spiro atoms. The van der Waals surface area contributed by atoms with Crippen LogP contribution in [0.15, 0.2) is 0 Å². The van der Waals surface area contributed by atoms with E-state index >= 15 is 0 Å². The Morgan fingerprint density at radius 3 is 1.86 bits per heavy atom. The molecule has 1 unspecified atom stereocenters. The highest BCUT2D eigenvalue weighted by Crippen LogP contribution is 2.32. The fourth-order valence-electron chi connectivity index (χ4n) is 2.24. The molecule has 0 aliphatic carbocycles. The van der Waals surface area contributed by atoms with Gasteiger partial charge in [0.05, 0.1) is 0 Å². The van der Waals surface area contributed by atoms with Crippen LogP contribution in [0.3, 0.4) is 0 Å². The van der Waals surface area contributed by atoms with E-state index in [0.29, 0.717) is 5.92 Å². The molecule has 0 saturated carbocycles. The minimum atomic E-state index is -0.640. The molecular weight excluding hydrogens is 172 g/mol. The van der Waals surface area contributed by atoms with E-state index in [0.717, 1.165) is 32.1 Å². The highest BCUT2D eigenvalue weighted by molar-refractivity contribution is 4.82. The first-order chi connectivity index (χ1) is 6.60. The van der Waals surface area contributed by atoms with Crippen molar-refractivity contribution >= 4 is 0 Å². The molecule has 85 valence electrons. The second-order valence-corrected chi connectivity index (χ2v) is 4.61. The minimum Gasteiger partial charge on any atom is -0.229 e. The van der Waals surface area contributed by atoms with Gasteiger partial charge in [0.1, 0.15) is 5.60 Å². The van der Waals surface area contributed by atoms with Gasteiger partial charge >= 0.3 is 0 Å². The summed E-state index contributed by atoms with van der Waals surface area (Å²) >= 11 is 0. The summed E-state index contributed by atoms with van der Waals surface area (Å²) in [7, 11) is 0. The summed E-state index contributed by atoms with van der Waals surface area (Å²) in [5.41, 5.74) is -0.640. The first-order valence-electron chi connectivity index (χ1n) is 6.31. The van der Waals surface area contributed by atoms with Crippen LogP contribution in [0.4, 0.5) is 0 Å². The van der Waals surface area contributed by atoms with Gasteiger partial charge in [-0.2, -0.15) is 0 Å². The summed E-state index contributed by atoms with van der Waals surface area (Å²) in [4.78, 5) is 0. The molecule has 0 fully saturated rings. The van der Waals surface area contributed by atoms with Crippen molar-refractivity contribution in [1.82, 2.24) is 0 Å². The average Bonchev–Trinajstić information content (AvgIpc) is 2.15. The molecule has 0 amide bonds. The Hall–Kier alpha value is -0.0400. The minimum absolute atomic E-state index is 0.349. The van der Waals surface area contributed by atoms with E-state index in [1.807, 2.05) is 0 Å². The largest absolute Gasteiger partial charge is 0.229 e. The van der Waals surface area contributed by atoms with Crippen LogP contribution in [-0.4, -0.2) is 5.60 Å². The molecule has 0 bridgehead atoms. The normalized spacial score (nSPS) is 14.4. The van der Waals surface area contributed by atoms with Crippen LogP contribution in [0.1, 0.15) is 72.6 Å². The molecule has 1 atom stereocenters. The molecule has 1 nitrogen and oxygen atoms in total. The molecule has 0 aromatic rings. The standard InChI is InChI=1S/C13H27O/c1-5-8-9-12(4)13(14,10-6-2)11-7-3/h12H,5-11H2,1-4H3. The Morgan fingerprint density at radius 2 is 1.50 bits per heavy atom. The lowest BCUT2D eigenvalue weighted by Gasteiger charge is -2.31. The first-order valence-corrected chi connectivity index (χ1v) is 6.31. The van der Waals surface area contributed by atoms with Gasteiger partial charge in [-0.15, -0.1) is 0 Å². The van der Waals surface area contributed by atoms with E-state index < -0.39 is 5.60 Å². The first kappa shape index (κ1) is 14.0. The molecule has 0 rings (SSSR count). The van der Waals surface area contributed by atoms with Crippen molar-refractivity contribution in [2.75, 3.05) is 0 Å². The van der Waals surface area contributed by atoms with E-state index in [9.17, 15) is 5.11 Å². The van der Waals surface area contributed by atoms with Crippen molar-refractivity contribution in [1.29, 1.82) is 0 Å². The van der Waals surface area contributed by atoms with Crippen LogP contribution in [-0.2, 0) is 5.11 Å². The van der Waals surface area contributed by atoms with Gasteiger partial charge in [0, 0.05) is 0 Å². The summed E-state index contributed by atoms with van der Waals surface area (Å²) in [6, 6.07) is 0. The maximum absolute atomic E-state index is 12.5. The zero-order valence-electron chi connectivity index (χ0n) is 10.4. The predicted molar refractivity (Wildman–Crippen MR) is 61.9 cm³/mol. The van der Waals surface area contributed by atoms with E-state index in [4.69, 9.17) is 0 Å². The Morgan fingerprint density at radius 1 is 1.00 bits per heavy atom. The molecular formula is C13H27O. The number of unbranched alkanes of at least 4 members (excludes halogenated alkanes) is 1. The Balaban J connectivity index is 4.15. The van der Waals surface area contributed by atoms with Gasteiger partial charge in [-0.1, -0.05) is 53.4 Å². The van der Waals surface area contributed by atoms with Crippen LogP contribution < -0.4 is 0 Å². The van der Waals surface area contributed by atoms with Gasteiger partial charge < -0.3 is 0 Å². The molecule has 0 heterocycles. The highest BCUT2D eigenvalue weighted by atomic mass is 16.3. The van der Waals surface area contributed by atoms with E-state index in [2.05, 4.69) is 27.7 Å². The molecule has 1 radical (unpaired) electrons. The third-order valence-corrected chi connectivity index (χ3v) is 3.24. The van der Waals surface area contributed by atoms with Crippen molar-refractivity contribution in [3.05, 3.63) is 0 Å².